The molecular weight excluding hydrogens is 156 g/mol. The lowest BCUT2D eigenvalue weighted by Crippen LogP contribution is -1.90. The van der Waals surface area contributed by atoms with Gasteiger partial charge in [-0.2, -0.15) is 0 Å². The van der Waals surface area contributed by atoms with Crippen LogP contribution in [0.4, 0.5) is 0 Å². The highest BCUT2D eigenvalue weighted by Crippen LogP contribution is 2.19. The molecule has 0 heterocycles. The van der Waals surface area contributed by atoms with E-state index in [0.717, 1.165) is 0 Å². The van der Waals surface area contributed by atoms with Gasteiger partial charge < -0.3 is 0 Å². The molecule has 0 unspecified atom stereocenters. The van der Waals surface area contributed by atoms with Crippen molar-refractivity contribution in [2.75, 3.05) is 12.9 Å². The molecule has 11 heavy (non-hydrogen) atoms. The van der Waals surface area contributed by atoms with Crippen molar-refractivity contribution < 1.29 is 5.11 Å². The van der Waals surface area contributed by atoms with Gasteiger partial charge in [0.25, 0.3) is 0 Å². The first-order valence-corrected chi connectivity index (χ1v) is 4.81. The molecule has 0 spiro atoms. The Hall–Kier alpha value is -0.470. The van der Waals surface area contributed by atoms with E-state index in [4.69, 9.17) is 0 Å². The van der Waals surface area contributed by atoms with Crippen LogP contribution in [0.25, 0.3) is 0 Å². The number of hydrogen-bond acceptors (Lipinski definition) is 1. The largest absolute Gasteiger partial charge is 0.236 e. The summed E-state index contributed by atoms with van der Waals surface area (Å²) in [6.45, 7) is -0.0163. The van der Waals surface area contributed by atoms with E-state index in [9.17, 15) is 5.11 Å². The van der Waals surface area contributed by atoms with E-state index in [1.54, 1.807) is 11.8 Å². The van der Waals surface area contributed by atoms with Gasteiger partial charge in [-0.15, -0.1) is 11.8 Å². The van der Waals surface area contributed by atoms with Crippen molar-refractivity contribution in [3.05, 3.63) is 29.8 Å². The van der Waals surface area contributed by atoms with Gasteiger partial charge in [0.15, 0.2) is 0 Å². The summed E-state index contributed by atoms with van der Waals surface area (Å²) in [5.41, 5.74) is 1.18. The van der Waals surface area contributed by atoms with Crippen molar-refractivity contribution in [3.63, 3.8) is 0 Å². The maximum Gasteiger partial charge on any atom is 0.0863 e. The molecule has 2 heteroatoms. The molecule has 0 saturated heterocycles. The van der Waals surface area contributed by atoms with E-state index in [2.05, 4.69) is 6.07 Å². The van der Waals surface area contributed by atoms with Crippen molar-refractivity contribution in [1.29, 1.82) is 0 Å². The Morgan fingerprint density at radius 1 is 1.36 bits per heavy atom. The predicted molar refractivity (Wildman–Crippen MR) is 47.5 cm³/mol. The third kappa shape index (κ3) is 2.24. The predicted octanol–water partition coefficient (Wildman–Crippen LogP) is 2.38. The van der Waals surface area contributed by atoms with Crippen LogP contribution in [0.2, 0.25) is 0 Å². The van der Waals surface area contributed by atoms with E-state index >= 15 is 0 Å². The molecule has 0 aliphatic heterocycles. The van der Waals surface area contributed by atoms with Gasteiger partial charge in [-0.1, -0.05) is 18.2 Å². The maximum atomic E-state index is 10.4. The number of thioether (sulfide) groups is 1. The SMILES string of the molecule is CSc1ccccc1CC[O]. The summed E-state index contributed by atoms with van der Waals surface area (Å²) >= 11 is 1.70. The highest BCUT2D eigenvalue weighted by atomic mass is 32.2. The van der Waals surface area contributed by atoms with Crippen LogP contribution in [0, 0.1) is 0 Å². The fourth-order valence-electron chi connectivity index (χ4n) is 1.02. The lowest BCUT2D eigenvalue weighted by molar-refractivity contribution is 0.196. The van der Waals surface area contributed by atoms with Crippen LogP contribution in [-0.4, -0.2) is 12.9 Å². The van der Waals surface area contributed by atoms with Gasteiger partial charge in [0.1, 0.15) is 0 Å². The van der Waals surface area contributed by atoms with E-state index < -0.39 is 0 Å². The average molecular weight is 167 g/mol. The zero-order valence-electron chi connectivity index (χ0n) is 6.54. The molecule has 1 rings (SSSR count). The van der Waals surface area contributed by atoms with Crippen molar-refractivity contribution >= 4 is 11.8 Å². The van der Waals surface area contributed by atoms with Gasteiger partial charge >= 0.3 is 0 Å². The second kappa shape index (κ2) is 4.42. The van der Waals surface area contributed by atoms with Crippen LogP contribution in [0.1, 0.15) is 5.56 Å². The molecule has 0 amide bonds. The Labute approximate surface area is 71.4 Å². The fraction of sp³-hybridized carbons (Fsp3) is 0.333. The molecule has 0 aliphatic carbocycles. The Morgan fingerprint density at radius 2 is 2.09 bits per heavy atom. The Balaban J connectivity index is 2.83. The second-order valence-electron chi connectivity index (χ2n) is 2.27. The van der Waals surface area contributed by atoms with Crippen molar-refractivity contribution in [2.24, 2.45) is 0 Å². The summed E-state index contributed by atoms with van der Waals surface area (Å²) in [6.07, 6.45) is 2.68. The van der Waals surface area contributed by atoms with Crippen molar-refractivity contribution in [1.82, 2.24) is 0 Å². The minimum absolute atomic E-state index is 0.0163. The first-order chi connectivity index (χ1) is 5.38. The third-order valence-corrected chi connectivity index (χ3v) is 2.40. The highest BCUT2D eigenvalue weighted by Gasteiger charge is 1.97. The van der Waals surface area contributed by atoms with Crippen molar-refractivity contribution in [2.45, 2.75) is 11.3 Å². The van der Waals surface area contributed by atoms with E-state index in [0.29, 0.717) is 6.42 Å². The maximum absolute atomic E-state index is 10.4. The van der Waals surface area contributed by atoms with Crippen LogP contribution in [-0.2, 0) is 11.5 Å². The Morgan fingerprint density at radius 3 is 2.73 bits per heavy atom. The van der Waals surface area contributed by atoms with Crippen LogP contribution in [0.15, 0.2) is 29.2 Å². The molecule has 1 aromatic rings. The Kier molecular flexibility index (Phi) is 3.46. The number of benzene rings is 1. The summed E-state index contributed by atoms with van der Waals surface area (Å²) < 4.78 is 0. The van der Waals surface area contributed by atoms with Crippen LogP contribution >= 0.6 is 11.8 Å². The monoisotopic (exact) mass is 167 g/mol. The smallest absolute Gasteiger partial charge is 0.0863 e. The van der Waals surface area contributed by atoms with Crippen LogP contribution < -0.4 is 0 Å². The van der Waals surface area contributed by atoms with Gasteiger partial charge in [0.05, 0.1) is 6.61 Å². The molecule has 0 atom stereocenters. The standard InChI is InChI=1S/C9H11OS/c1-11-9-5-3-2-4-8(9)6-7-10/h2-5H,6-7H2,1H3. The number of rotatable bonds is 3. The zero-order chi connectivity index (χ0) is 8.10. The van der Waals surface area contributed by atoms with E-state index in [1.165, 1.54) is 10.5 Å². The topological polar surface area (TPSA) is 19.9 Å². The van der Waals surface area contributed by atoms with Crippen molar-refractivity contribution in [3.8, 4) is 0 Å². The summed E-state index contributed by atoms with van der Waals surface area (Å²) in [6, 6.07) is 8.05. The van der Waals surface area contributed by atoms with E-state index in [-0.39, 0.29) is 6.61 Å². The molecule has 1 radical (unpaired) electrons. The van der Waals surface area contributed by atoms with Gasteiger partial charge in [0.2, 0.25) is 0 Å². The lowest BCUT2D eigenvalue weighted by atomic mass is 10.2. The average Bonchev–Trinajstić information content (AvgIpc) is 2.06. The first kappa shape index (κ1) is 8.62. The quantitative estimate of drug-likeness (QED) is 0.633. The fourth-order valence-corrected chi connectivity index (χ4v) is 1.67. The molecule has 0 aromatic heterocycles. The minimum Gasteiger partial charge on any atom is -0.236 e. The molecule has 59 valence electrons. The van der Waals surface area contributed by atoms with Gasteiger partial charge in [-0.05, 0) is 17.9 Å². The Bertz CT molecular complexity index is 223. The van der Waals surface area contributed by atoms with Crippen LogP contribution in [0.5, 0.6) is 0 Å². The zero-order valence-corrected chi connectivity index (χ0v) is 7.36. The molecule has 1 aromatic carbocycles. The van der Waals surface area contributed by atoms with E-state index in [1.807, 2.05) is 24.5 Å². The summed E-state index contributed by atoms with van der Waals surface area (Å²) in [5, 5.41) is 10.4. The molecule has 0 N–H and O–H groups in total. The molecule has 0 bridgehead atoms. The highest BCUT2D eigenvalue weighted by molar-refractivity contribution is 7.98. The van der Waals surface area contributed by atoms with Gasteiger partial charge in [-0.25, -0.2) is 5.11 Å². The summed E-state index contributed by atoms with van der Waals surface area (Å²) in [7, 11) is 0. The van der Waals surface area contributed by atoms with Crippen LogP contribution in [0.3, 0.4) is 0 Å². The molecule has 0 saturated carbocycles. The van der Waals surface area contributed by atoms with Gasteiger partial charge in [0, 0.05) is 11.3 Å². The lowest BCUT2D eigenvalue weighted by Gasteiger charge is -2.02. The number of hydrogen-bond donors (Lipinski definition) is 0. The first-order valence-electron chi connectivity index (χ1n) is 3.58. The molecule has 0 aliphatic rings. The van der Waals surface area contributed by atoms with Gasteiger partial charge in [-0.3, -0.25) is 0 Å². The summed E-state index contributed by atoms with van der Waals surface area (Å²) in [5.74, 6) is 0. The molecule has 1 nitrogen and oxygen atoms in total. The second-order valence-corrected chi connectivity index (χ2v) is 3.11. The normalized spacial score (nSPS) is 10.0. The summed E-state index contributed by atoms with van der Waals surface area (Å²) in [4.78, 5) is 1.23. The molecular formula is C9H11OS. The third-order valence-electron chi connectivity index (χ3n) is 1.56. The molecule has 0 fully saturated rings. The minimum atomic E-state index is -0.0163.